The monoisotopic (exact) mass is 159 g/mol. The summed E-state index contributed by atoms with van der Waals surface area (Å²) in [6.45, 7) is 9.31. The molecular formula is C10H25N. The van der Waals surface area contributed by atoms with Gasteiger partial charge in [0.05, 0.1) is 0 Å². The number of nitrogens with zero attached hydrogens (tertiary/aromatic N) is 1. The average Bonchev–Trinajstić information content (AvgIpc) is 2.80. The molecule has 0 radical (unpaired) electrons. The van der Waals surface area contributed by atoms with Crippen LogP contribution in [0.2, 0.25) is 0 Å². The average molecular weight is 159 g/mol. The highest BCUT2D eigenvalue weighted by molar-refractivity contribution is 4.74. The maximum atomic E-state index is 2.26. The van der Waals surface area contributed by atoms with Gasteiger partial charge in [0.15, 0.2) is 0 Å². The van der Waals surface area contributed by atoms with Gasteiger partial charge in [0.2, 0.25) is 0 Å². The van der Waals surface area contributed by atoms with Gasteiger partial charge in [0.1, 0.15) is 0 Å². The Bertz CT molecular complexity index is 55.9. The van der Waals surface area contributed by atoms with E-state index in [1.165, 1.54) is 19.4 Å². The molecule has 0 bridgehead atoms. The standard InChI is InChI=1S/C6H13N.2C2H6/c1-7(2)5-6-3-4-6;2*1-2/h6H,3-5H2,1-2H3;2*1-2H3. The van der Waals surface area contributed by atoms with Crippen LogP contribution in [-0.2, 0) is 0 Å². The zero-order valence-corrected chi connectivity index (χ0v) is 9.15. The zero-order valence-electron chi connectivity index (χ0n) is 9.15. The SMILES string of the molecule is CC.CC.CN(C)CC1CC1. The van der Waals surface area contributed by atoms with Gasteiger partial charge in [-0.05, 0) is 32.9 Å². The molecule has 0 saturated heterocycles. The Labute approximate surface area is 72.8 Å². The molecule has 0 atom stereocenters. The second-order valence-corrected chi connectivity index (χ2v) is 2.71. The molecule has 0 amide bonds. The molecule has 0 aromatic carbocycles. The third-order valence-electron chi connectivity index (χ3n) is 1.32. The van der Waals surface area contributed by atoms with E-state index in [1.807, 2.05) is 27.7 Å². The van der Waals surface area contributed by atoms with Crippen LogP contribution in [0.15, 0.2) is 0 Å². The molecule has 11 heavy (non-hydrogen) atoms. The smallest absolute Gasteiger partial charge is 0.000356 e. The van der Waals surface area contributed by atoms with Crippen LogP contribution in [0.5, 0.6) is 0 Å². The molecule has 0 aromatic rings. The summed E-state index contributed by atoms with van der Waals surface area (Å²) < 4.78 is 0. The van der Waals surface area contributed by atoms with Crippen molar-refractivity contribution >= 4 is 0 Å². The molecular weight excluding hydrogens is 134 g/mol. The van der Waals surface area contributed by atoms with Crippen molar-refractivity contribution in [1.29, 1.82) is 0 Å². The van der Waals surface area contributed by atoms with Crippen molar-refractivity contribution in [2.45, 2.75) is 40.5 Å². The Hall–Kier alpha value is -0.0400. The van der Waals surface area contributed by atoms with Crippen molar-refractivity contribution < 1.29 is 0 Å². The van der Waals surface area contributed by atoms with Gasteiger partial charge in [-0.1, -0.05) is 27.7 Å². The fraction of sp³-hybridized carbons (Fsp3) is 1.00. The molecule has 0 spiro atoms. The summed E-state index contributed by atoms with van der Waals surface area (Å²) in [5.74, 6) is 1.05. The fourth-order valence-corrected chi connectivity index (χ4v) is 0.817. The molecule has 1 rings (SSSR count). The maximum absolute atomic E-state index is 2.26. The summed E-state index contributed by atoms with van der Waals surface area (Å²) in [5.41, 5.74) is 0. The van der Waals surface area contributed by atoms with Crippen molar-refractivity contribution in [3.8, 4) is 0 Å². The first kappa shape index (κ1) is 13.5. The lowest BCUT2D eigenvalue weighted by Gasteiger charge is -2.05. The Morgan fingerprint density at radius 2 is 1.36 bits per heavy atom. The van der Waals surface area contributed by atoms with Gasteiger partial charge in [-0.2, -0.15) is 0 Å². The lowest BCUT2D eigenvalue weighted by atomic mass is 10.4. The van der Waals surface area contributed by atoms with Gasteiger partial charge >= 0.3 is 0 Å². The predicted molar refractivity (Wildman–Crippen MR) is 54.0 cm³/mol. The molecule has 1 heteroatoms. The number of hydrogen-bond donors (Lipinski definition) is 0. The van der Waals surface area contributed by atoms with Crippen LogP contribution in [0.25, 0.3) is 0 Å². The Morgan fingerprint density at radius 3 is 1.45 bits per heavy atom. The van der Waals surface area contributed by atoms with Crippen LogP contribution in [0.1, 0.15) is 40.5 Å². The van der Waals surface area contributed by atoms with E-state index in [0.717, 1.165) is 5.92 Å². The minimum atomic E-state index is 1.05. The van der Waals surface area contributed by atoms with Gasteiger partial charge in [0, 0.05) is 6.54 Å². The largest absolute Gasteiger partial charge is 0.309 e. The molecule has 1 fully saturated rings. The lowest BCUT2D eigenvalue weighted by Crippen LogP contribution is -2.14. The van der Waals surface area contributed by atoms with Crippen LogP contribution in [0, 0.1) is 5.92 Å². The van der Waals surface area contributed by atoms with Gasteiger partial charge in [-0.25, -0.2) is 0 Å². The van der Waals surface area contributed by atoms with Crippen molar-refractivity contribution in [1.82, 2.24) is 4.90 Å². The lowest BCUT2D eigenvalue weighted by molar-refractivity contribution is 0.389. The van der Waals surface area contributed by atoms with Gasteiger partial charge in [0.25, 0.3) is 0 Å². The van der Waals surface area contributed by atoms with Crippen LogP contribution in [-0.4, -0.2) is 25.5 Å². The van der Waals surface area contributed by atoms with E-state index in [4.69, 9.17) is 0 Å². The van der Waals surface area contributed by atoms with E-state index < -0.39 is 0 Å². The molecule has 0 heterocycles. The minimum absolute atomic E-state index is 1.05. The quantitative estimate of drug-likeness (QED) is 0.598. The summed E-state index contributed by atoms with van der Waals surface area (Å²) >= 11 is 0. The topological polar surface area (TPSA) is 3.24 Å². The zero-order chi connectivity index (χ0) is 9.28. The van der Waals surface area contributed by atoms with Gasteiger partial charge in [-0.3, -0.25) is 0 Å². The van der Waals surface area contributed by atoms with Crippen molar-refractivity contribution in [3.05, 3.63) is 0 Å². The fourth-order valence-electron chi connectivity index (χ4n) is 0.817. The third-order valence-corrected chi connectivity index (χ3v) is 1.32. The van der Waals surface area contributed by atoms with Crippen LogP contribution in [0.3, 0.4) is 0 Å². The molecule has 1 aliphatic carbocycles. The summed E-state index contributed by atoms with van der Waals surface area (Å²) in [6.07, 6.45) is 2.94. The Morgan fingerprint density at radius 1 is 1.00 bits per heavy atom. The first-order valence-electron chi connectivity index (χ1n) is 4.94. The minimum Gasteiger partial charge on any atom is -0.309 e. The van der Waals surface area contributed by atoms with E-state index in [-0.39, 0.29) is 0 Å². The second kappa shape index (κ2) is 9.96. The molecule has 1 aliphatic rings. The van der Waals surface area contributed by atoms with Crippen LogP contribution in [0.4, 0.5) is 0 Å². The predicted octanol–water partition coefficient (Wildman–Crippen LogP) is 3.01. The highest BCUT2D eigenvalue weighted by Gasteiger charge is 2.20. The number of hydrogen-bond acceptors (Lipinski definition) is 1. The summed E-state index contributed by atoms with van der Waals surface area (Å²) in [7, 11) is 4.27. The van der Waals surface area contributed by atoms with Crippen LogP contribution >= 0.6 is 0 Å². The summed E-state index contributed by atoms with van der Waals surface area (Å²) in [4.78, 5) is 2.26. The van der Waals surface area contributed by atoms with E-state index in [1.54, 1.807) is 0 Å². The normalized spacial score (nSPS) is 14.5. The molecule has 1 nitrogen and oxygen atoms in total. The van der Waals surface area contributed by atoms with Crippen LogP contribution < -0.4 is 0 Å². The van der Waals surface area contributed by atoms with Crippen molar-refractivity contribution in [2.75, 3.05) is 20.6 Å². The maximum Gasteiger partial charge on any atom is 0.000356 e. The van der Waals surface area contributed by atoms with Crippen molar-refractivity contribution in [3.63, 3.8) is 0 Å². The first-order chi connectivity index (χ1) is 5.29. The Kier molecular flexibility index (Phi) is 12.3. The van der Waals surface area contributed by atoms with E-state index in [9.17, 15) is 0 Å². The summed E-state index contributed by atoms with van der Waals surface area (Å²) in [5, 5.41) is 0. The molecule has 0 N–H and O–H groups in total. The molecule has 70 valence electrons. The van der Waals surface area contributed by atoms with Gasteiger partial charge < -0.3 is 4.90 Å². The highest BCUT2D eigenvalue weighted by Crippen LogP contribution is 2.28. The Balaban J connectivity index is 0. The number of rotatable bonds is 2. The third kappa shape index (κ3) is 13.0. The van der Waals surface area contributed by atoms with E-state index in [0.29, 0.717) is 0 Å². The van der Waals surface area contributed by atoms with Crippen molar-refractivity contribution in [2.24, 2.45) is 5.92 Å². The molecule has 0 aliphatic heterocycles. The van der Waals surface area contributed by atoms with E-state index in [2.05, 4.69) is 19.0 Å². The van der Waals surface area contributed by atoms with E-state index >= 15 is 0 Å². The second-order valence-electron chi connectivity index (χ2n) is 2.71. The summed E-state index contributed by atoms with van der Waals surface area (Å²) in [6, 6.07) is 0. The molecule has 1 saturated carbocycles. The van der Waals surface area contributed by atoms with Gasteiger partial charge in [-0.15, -0.1) is 0 Å². The highest BCUT2D eigenvalue weighted by atomic mass is 15.1. The molecule has 0 unspecified atom stereocenters. The first-order valence-corrected chi connectivity index (χ1v) is 4.94. The molecule has 0 aromatic heterocycles.